The van der Waals surface area contributed by atoms with Gasteiger partial charge in [0, 0.05) is 5.56 Å². The van der Waals surface area contributed by atoms with E-state index in [1.54, 1.807) is 12.1 Å². The third-order valence-corrected chi connectivity index (χ3v) is 5.41. The Labute approximate surface area is 170 Å². The fourth-order valence-electron chi connectivity index (χ4n) is 4.08. The summed E-state index contributed by atoms with van der Waals surface area (Å²) >= 11 is 0. The number of phenolic OH excluding ortho intramolecular Hbond substituents is 1. The number of hydrogen-bond donors (Lipinski definition) is 3. The van der Waals surface area contributed by atoms with E-state index in [-0.39, 0.29) is 11.3 Å². The summed E-state index contributed by atoms with van der Waals surface area (Å²) in [6.07, 6.45) is 0. The molecule has 0 saturated heterocycles. The van der Waals surface area contributed by atoms with Crippen molar-refractivity contribution in [1.82, 2.24) is 0 Å². The van der Waals surface area contributed by atoms with Gasteiger partial charge < -0.3 is 15.3 Å². The normalized spacial score (nSPS) is 11.9. The lowest BCUT2D eigenvalue weighted by Gasteiger charge is -2.45. The Morgan fingerprint density at radius 3 is 1.10 bits per heavy atom. The Balaban J connectivity index is 2.12. The van der Waals surface area contributed by atoms with Crippen LogP contribution in [0.15, 0.2) is 115 Å². The smallest absolute Gasteiger partial charge is 0.208 e. The highest BCUT2D eigenvalue weighted by Gasteiger charge is 2.54. The summed E-state index contributed by atoms with van der Waals surface area (Å²) in [6, 6.07) is 34.5. The summed E-state index contributed by atoms with van der Waals surface area (Å²) < 4.78 is 0. The molecule has 4 aromatic rings. The molecule has 0 aliphatic carbocycles. The zero-order valence-corrected chi connectivity index (χ0v) is 15.8. The van der Waals surface area contributed by atoms with E-state index < -0.39 is 11.2 Å². The fourth-order valence-corrected chi connectivity index (χ4v) is 4.08. The largest absolute Gasteiger partial charge is 0.508 e. The number of aliphatic hydroxyl groups is 2. The average molecular weight is 382 g/mol. The van der Waals surface area contributed by atoms with Crippen molar-refractivity contribution < 1.29 is 15.3 Å². The van der Waals surface area contributed by atoms with Gasteiger partial charge in [-0.15, -0.1) is 0 Å². The van der Waals surface area contributed by atoms with Gasteiger partial charge in [-0.05, 0) is 41.0 Å². The van der Waals surface area contributed by atoms with Crippen LogP contribution in [0.2, 0.25) is 0 Å². The highest BCUT2D eigenvalue weighted by molar-refractivity contribution is 5.55. The van der Waals surface area contributed by atoms with Crippen molar-refractivity contribution in [2.45, 2.75) is 11.2 Å². The lowest BCUT2D eigenvalue weighted by atomic mass is 9.62. The molecule has 0 aromatic heterocycles. The van der Waals surface area contributed by atoms with Crippen molar-refractivity contribution in [3.8, 4) is 5.75 Å². The first-order valence-electron chi connectivity index (χ1n) is 9.47. The molecule has 0 heterocycles. The lowest BCUT2D eigenvalue weighted by molar-refractivity contribution is -0.203. The van der Waals surface area contributed by atoms with Gasteiger partial charge in [0.25, 0.3) is 0 Å². The molecule has 3 N–H and O–H groups in total. The van der Waals surface area contributed by atoms with Crippen LogP contribution in [0, 0.1) is 0 Å². The summed E-state index contributed by atoms with van der Waals surface area (Å²) in [7, 11) is 0. The molecule has 0 unspecified atom stereocenters. The van der Waals surface area contributed by atoms with Crippen LogP contribution in [0.3, 0.4) is 0 Å². The SMILES string of the molecule is Oc1ccc(C(O)(O)C(c2ccccc2)(c2ccccc2)c2ccccc2)cc1. The topological polar surface area (TPSA) is 60.7 Å². The molecule has 3 heteroatoms. The quantitative estimate of drug-likeness (QED) is 0.350. The van der Waals surface area contributed by atoms with Crippen molar-refractivity contribution in [3.05, 3.63) is 138 Å². The van der Waals surface area contributed by atoms with Crippen LogP contribution in [0.25, 0.3) is 0 Å². The Kier molecular flexibility index (Phi) is 4.93. The van der Waals surface area contributed by atoms with Gasteiger partial charge in [-0.25, -0.2) is 0 Å². The first-order valence-corrected chi connectivity index (χ1v) is 9.47. The summed E-state index contributed by atoms with van der Waals surface area (Å²) in [5, 5.41) is 33.4. The molecule has 0 spiro atoms. The molecule has 4 aromatic carbocycles. The molecule has 0 amide bonds. The van der Waals surface area contributed by atoms with Gasteiger partial charge in [0.1, 0.15) is 11.2 Å². The second-order valence-corrected chi connectivity index (χ2v) is 7.07. The summed E-state index contributed by atoms with van der Waals surface area (Å²) in [5.41, 5.74) is 1.22. The van der Waals surface area contributed by atoms with Crippen LogP contribution in [-0.4, -0.2) is 15.3 Å². The molecular weight excluding hydrogens is 360 g/mol. The molecule has 144 valence electrons. The van der Waals surface area contributed by atoms with Gasteiger partial charge in [-0.2, -0.15) is 0 Å². The molecule has 0 aliphatic rings. The summed E-state index contributed by atoms with van der Waals surface area (Å²) in [4.78, 5) is 0. The molecule has 3 nitrogen and oxygen atoms in total. The van der Waals surface area contributed by atoms with E-state index in [2.05, 4.69) is 0 Å². The summed E-state index contributed by atoms with van der Waals surface area (Å²) in [5.74, 6) is -2.24. The first-order chi connectivity index (χ1) is 14.1. The third-order valence-electron chi connectivity index (χ3n) is 5.41. The average Bonchev–Trinajstić information content (AvgIpc) is 2.77. The molecule has 0 atom stereocenters. The fraction of sp³-hybridized carbons (Fsp3) is 0.0769. The third kappa shape index (κ3) is 3.11. The molecule has 0 bridgehead atoms. The van der Waals surface area contributed by atoms with Gasteiger partial charge in [0.05, 0.1) is 0 Å². The van der Waals surface area contributed by atoms with E-state index in [0.717, 1.165) is 16.7 Å². The summed E-state index contributed by atoms with van der Waals surface area (Å²) in [6.45, 7) is 0. The number of aromatic hydroxyl groups is 1. The standard InChI is InChI=1S/C26H22O3/c27-24-18-16-23(17-19-24)26(28,29)25(20-10-4-1-5-11-20,21-12-6-2-7-13-21)22-14-8-3-9-15-22/h1-19,27-29H. The number of benzene rings is 4. The molecule has 4 rings (SSSR count). The van der Waals surface area contributed by atoms with Crippen LogP contribution < -0.4 is 0 Å². The number of hydrogen-bond acceptors (Lipinski definition) is 3. The van der Waals surface area contributed by atoms with Crippen molar-refractivity contribution in [2.24, 2.45) is 0 Å². The van der Waals surface area contributed by atoms with E-state index in [1.165, 1.54) is 12.1 Å². The number of phenols is 1. The van der Waals surface area contributed by atoms with E-state index in [0.29, 0.717) is 0 Å². The number of rotatable bonds is 5. The van der Waals surface area contributed by atoms with E-state index in [4.69, 9.17) is 0 Å². The van der Waals surface area contributed by atoms with E-state index in [9.17, 15) is 15.3 Å². The minimum atomic E-state index is -2.30. The molecule has 29 heavy (non-hydrogen) atoms. The van der Waals surface area contributed by atoms with Crippen LogP contribution in [-0.2, 0) is 11.2 Å². The Morgan fingerprint density at radius 2 is 0.759 bits per heavy atom. The minimum Gasteiger partial charge on any atom is -0.508 e. The maximum atomic E-state index is 11.8. The van der Waals surface area contributed by atoms with Crippen molar-refractivity contribution >= 4 is 0 Å². The van der Waals surface area contributed by atoms with Crippen LogP contribution in [0.5, 0.6) is 5.75 Å². The first kappa shape index (κ1) is 18.9. The van der Waals surface area contributed by atoms with Crippen LogP contribution >= 0.6 is 0 Å². The van der Waals surface area contributed by atoms with E-state index >= 15 is 0 Å². The molecular formula is C26H22O3. The maximum Gasteiger partial charge on any atom is 0.208 e. The van der Waals surface area contributed by atoms with Gasteiger partial charge >= 0.3 is 0 Å². The Bertz CT molecular complexity index is 961. The van der Waals surface area contributed by atoms with Crippen molar-refractivity contribution in [1.29, 1.82) is 0 Å². The van der Waals surface area contributed by atoms with Gasteiger partial charge in [0.2, 0.25) is 5.79 Å². The minimum absolute atomic E-state index is 0.0642. The van der Waals surface area contributed by atoms with Gasteiger partial charge in [-0.1, -0.05) is 91.0 Å². The molecule has 0 aliphatic heterocycles. The van der Waals surface area contributed by atoms with Crippen molar-refractivity contribution in [2.75, 3.05) is 0 Å². The maximum absolute atomic E-state index is 11.8. The highest BCUT2D eigenvalue weighted by atomic mass is 16.5. The second kappa shape index (κ2) is 7.55. The van der Waals surface area contributed by atoms with Gasteiger partial charge in [0.15, 0.2) is 0 Å². The zero-order chi connectivity index (χ0) is 20.3. The Morgan fingerprint density at radius 1 is 0.414 bits per heavy atom. The molecule has 0 radical (unpaired) electrons. The van der Waals surface area contributed by atoms with Crippen molar-refractivity contribution in [3.63, 3.8) is 0 Å². The highest BCUT2D eigenvalue weighted by Crippen LogP contribution is 2.50. The second-order valence-electron chi connectivity index (χ2n) is 7.07. The molecule has 0 saturated carbocycles. The lowest BCUT2D eigenvalue weighted by Crippen LogP contribution is -2.51. The predicted molar refractivity (Wildman–Crippen MR) is 113 cm³/mol. The van der Waals surface area contributed by atoms with E-state index in [1.807, 2.05) is 91.0 Å². The molecule has 0 fully saturated rings. The zero-order valence-electron chi connectivity index (χ0n) is 15.8. The van der Waals surface area contributed by atoms with Crippen LogP contribution in [0.1, 0.15) is 22.3 Å². The Hall–Kier alpha value is -3.40. The van der Waals surface area contributed by atoms with Crippen LogP contribution in [0.4, 0.5) is 0 Å². The van der Waals surface area contributed by atoms with Gasteiger partial charge in [-0.3, -0.25) is 0 Å². The predicted octanol–water partition coefficient (Wildman–Crippen LogP) is 4.56. The monoisotopic (exact) mass is 382 g/mol.